The van der Waals surface area contributed by atoms with Gasteiger partial charge in [-0.2, -0.15) is 0 Å². The predicted octanol–water partition coefficient (Wildman–Crippen LogP) is 6.48. The molecule has 240 valence electrons. The number of Topliss-reactive ketones (excluding diaryl/α,β-unsaturated/α-hetero) is 1. The van der Waals surface area contributed by atoms with E-state index < -0.39 is 58.0 Å². The summed E-state index contributed by atoms with van der Waals surface area (Å²) in [6.45, 7) is 9.36. The Morgan fingerprint density at radius 1 is 1.00 bits per heavy atom. The molecule has 0 aliphatic heterocycles. The first-order chi connectivity index (χ1) is 20.3. The number of hydrogen-bond acceptors (Lipinski definition) is 9. The van der Waals surface area contributed by atoms with E-state index in [4.69, 9.17) is 30.5 Å². The summed E-state index contributed by atoms with van der Waals surface area (Å²) in [5, 5.41) is 12.0. The van der Waals surface area contributed by atoms with Crippen molar-refractivity contribution in [3.05, 3.63) is 23.8 Å². The van der Waals surface area contributed by atoms with Gasteiger partial charge in [-0.25, -0.2) is 9.59 Å². The van der Waals surface area contributed by atoms with Crippen molar-refractivity contribution in [2.45, 2.75) is 109 Å². The molecule has 0 heterocycles. The van der Waals surface area contributed by atoms with Crippen LogP contribution in [0.5, 0.6) is 0 Å². The Morgan fingerprint density at radius 3 is 2.37 bits per heavy atom. The zero-order valence-corrected chi connectivity index (χ0v) is 26.9. The molecule has 1 unspecified atom stereocenters. The lowest BCUT2D eigenvalue weighted by Crippen LogP contribution is -2.69. The first-order valence-corrected chi connectivity index (χ1v) is 16.2. The minimum absolute atomic E-state index is 0.0580. The Labute approximate surface area is 259 Å². The summed E-state index contributed by atoms with van der Waals surface area (Å²) < 4.78 is 21.8. The minimum Gasteiger partial charge on any atom is -0.434 e. The molecule has 9 nitrogen and oxygen atoms in total. The van der Waals surface area contributed by atoms with Crippen LogP contribution in [0.1, 0.15) is 92.4 Å². The van der Waals surface area contributed by atoms with Crippen LogP contribution in [0.4, 0.5) is 9.59 Å². The van der Waals surface area contributed by atoms with Gasteiger partial charge >= 0.3 is 12.3 Å². The number of unbranched alkanes of at least 4 members (excludes halogenated alkanes) is 3. The number of aliphatic hydroxyl groups is 1. The van der Waals surface area contributed by atoms with Crippen molar-refractivity contribution >= 4 is 35.5 Å². The monoisotopic (exact) mass is 622 g/mol. The van der Waals surface area contributed by atoms with E-state index in [9.17, 15) is 24.3 Å². The van der Waals surface area contributed by atoms with Crippen LogP contribution in [0.2, 0.25) is 0 Å². The molecule has 0 bridgehead atoms. The average molecular weight is 623 g/mol. The normalized spacial score (nSPS) is 37.8. The van der Waals surface area contributed by atoms with Crippen molar-refractivity contribution < 1.29 is 43.2 Å². The molecule has 0 aromatic rings. The van der Waals surface area contributed by atoms with E-state index in [1.807, 2.05) is 40.7 Å². The highest BCUT2D eigenvalue weighted by molar-refractivity contribution is 6.26. The van der Waals surface area contributed by atoms with E-state index in [1.54, 1.807) is 6.08 Å². The van der Waals surface area contributed by atoms with Gasteiger partial charge in [0.15, 0.2) is 18.0 Å². The number of alkyl halides is 1. The first-order valence-electron chi connectivity index (χ1n) is 15.8. The van der Waals surface area contributed by atoms with Gasteiger partial charge in [-0.3, -0.25) is 9.59 Å². The zero-order chi connectivity index (χ0) is 31.6. The van der Waals surface area contributed by atoms with Gasteiger partial charge in [0.25, 0.3) is 0 Å². The zero-order valence-electron chi connectivity index (χ0n) is 26.1. The van der Waals surface area contributed by atoms with Gasteiger partial charge < -0.3 is 24.1 Å². The minimum atomic E-state index is -1.74. The third-order valence-corrected chi connectivity index (χ3v) is 11.8. The molecular formula is C33H47ClO9. The van der Waals surface area contributed by atoms with E-state index in [1.165, 1.54) is 6.08 Å². The summed E-state index contributed by atoms with van der Waals surface area (Å²) in [6, 6.07) is 0. The van der Waals surface area contributed by atoms with Crippen molar-refractivity contribution in [3.63, 3.8) is 0 Å². The Hall–Kier alpha value is -2.39. The van der Waals surface area contributed by atoms with Gasteiger partial charge in [0.2, 0.25) is 5.78 Å². The Morgan fingerprint density at radius 2 is 1.67 bits per heavy atom. The summed E-state index contributed by atoms with van der Waals surface area (Å²) in [4.78, 5) is 50.7. The molecule has 4 rings (SSSR count). The molecule has 0 amide bonds. The fraction of sp³-hybridized carbons (Fsp3) is 0.758. The quantitative estimate of drug-likeness (QED) is 0.157. The van der Waals surface area contributed by atoms with Crippen molar-refractivity contribution in [1.29, 1.82) is 0 Å². The van der Waals surface area contributed by atoms with Crippen LogP contribution >= 0.6 is 11.6 Å². The van der Waals surface area contributed by atoms with Crippen LogP contribution in [-0.2, 0) is 28.5 Å². The lowest BCUT2D eigenvalue weighted by molar-refractivity contribution is -0.185. The van der Waals surface area contributed by atoms with Crippen LogP contribution in [0.15, 0.2) is 23.8 Å². The number of ketones is 2. The Bertz CT molecular complexity index is 1170. The molecule has 0 spiro atoms. The first kappa shape index (κ1) is 33.5. The Kier molecular flexibility index (Phi) is 10.1. The highest BCUT2D eigenvalue weighted by Crippen LogP contribution is 2.72. The third kappa shape index (κ3) is 5.54. The van der Waals surface area contributed by atoms with Crippen molar-refractivity contribution in [1.82, 2.24) is 0 Å². The number of aliphatic hydroxyl groups excluding tert-OH is 1. The number of carbonyl (C=O) groups excluding carboxylic acids is 4. The average Bonchev–Trinajstić information content (AvgIpc) is 3.17. The van der Waals surface area contributed by atoms with Gasteiger partial charge in [0, 0.05) is 16.7 Å². The van der Waals surface area contributed by atoms with E-state index in [0.717, 1.165) is 24.8 Å². The van der Waals surface area contributed by atoms with Crippen LogP contribution in [-0.4, -0.2) is 65.4 Å². The highest BCUT2D eigenvalue weighted by atomic mass is 35.5. The third-order valence-electron chi connectivity index (χ3n) is 10.8. The topological polar surface area (TPSA) is 125 Å². The molecule has 0 aromatic heterocycles. The highest BCUT2D eigenvalue weighted by Gasteiger charge is 2.76. The number of ether oxygens (including phenoxy) is 4. The van der Waals surface area contributed by atoms with Gasteiger partial charge in [0.1, 0.15) is 0 Å². The number of fused-ring (bicyclic) bond motifs is 5. The van der Waals surface area contributed by atoms with E-state index in [0.29, 0.717) is 32.1 Å². The van der Waals surface area contributed by atoms with Crippen LogP contribution in [0, 0.1) is 28.6 Å². The van der Waals surface area contributed by atoms with Crippen molar-refractivity contribution in [3.8, 4) is 0 Å². The smallest absolute Gasteiger partial charge is 0.434 e. The van der Waals surface area contributed by atoms with Crippen molar-refractivity contribution in [2.24, 2.45) is 28.6 Å². The van der Waals surface area contributed by atoms with Gasteiger partial charge in [0.05, 0.1) is 24.2 Å². The summed E-state index contributed by atoms with van der Waals surface area (Å²) in [5.41, 5.74) is -2.66. The second-order valence-electron chi connectivity index (χ2n) is 13.2. The fourth-order valence-corrected chi connectivity index (χ4v) is 9.16. The molecule has 3 saturated carbocycles. The summed E-state index contributed by atoms with van der Waals surface area (Å²) in [7, 11) is 0. The lowest BCUT2D eigenvalue weighted by Gasteiger charge is -2.64. The maximum Gasteiger partial charge on any atom is 0.509 e. The number of carbonyl (C=O) groups is 4. The van der Waals surface area contributed by atoms with Crippen molar-refractivity contribution in [2.75, 3.05) is 19.8 Å². The molecule has 1 N–H and O–H groups in total. The van der Waals surface area contributed by atoms with Crippen LogP contribution < -0.4 is 0 Å². The van der Waals surface area contributed by atoms with Crippen LogP contribution in [0.3, 0.4) is 0 Å². The van der Waals surface area contributed by atoms with Gasteiger partial charge in [-0.15, -0.1) is 11.6 Å². The SMILES string of the molecule is CCCCCOC(=O)O[C@]1(C(=O)COC(=O)OCCCC)[C@H](C)C[C@H]2[C@@H]3CCC4=CC(=O)C=C[C@]4(C)[C@@]3(Cl)C(O)C[C@@]21C. The van der Waals surface area contributed by atoms with E-state index in [2.05, 4.69) is 0 Å². The molecule has 4 aliphatic carbocycles. The molecule has 4 aliphatic rings. The molecule has 3 fully saturated rings. The predicted molar refractivity (Wildman–Crippen MR) is 160 cm³/mol. The maximum absolute atomic E-state index is 14.2. The van der Waals surface area contributed by atoms with Gasteiger partial charge in [-0.05, 0) is 62.5 Å². The summed E-state index contributed by atoms with van der Waals surface area (Å²) in [5.74, 6) is -1.65. The number of allylic oxidation sites excluding steroid dienone is 4. The maximum atomic E-state index is 14.2. The standard InChI is InChI=1S/C33H47ClO9/c1-6-8-10-16-41-29(39)43-33(27(37)20-42-28(38)40-15-9-7-2)21(3)17-25-24-12-11-22-18-23(35)13-14-30(22,4)32(24,34)26(36)19-31(25,33)5/h13-14,18,21,24-26,36H,6-12,15-17,19-20H2,1-5H3/t21-,24+,25+,26?,30+,31+,32+,33+/m1/s1. The Balaban J connectivity index is 1.68. The number of halogens is 1. The number of hydrogen-bond donors (Lipinski definition) is 1. The number of rotatable bonds is 11. The van der Waals surface area contributed by atoms with E-state index >= 15 is 0 Å². The lowest BCUT2D eigenvalue weighted by atomic mass is 9.45. The molecule has 10 heteroatoms. The fourth-order valence-electron chi connectivity index (χ4n) is 8.64. The molecule has 0 radical (unpaired) electrons. The van der Waals surface area contributed by atoms with E-state index in [-0.39, 0.29) is 37.3 Å². The second-order valence-corrected chi connectivity index (χ2v) is 13.8. The summed E-state index contributed by atoms with van der Waals surface area (Å²) >= 11 is 7.55. The largest absolute Gasteiger partial charge is 0.509 e. The molecule has 8 atom stereocenters. The van der Waals surface area contributed by atoms with Gasteiger partial charge in [-0.1, -0.05) is 65.5 Å². The molecule has 43 heavy (non-hydrogen) atoms. The molecular weight excluding hydrogens is 576 g/mol. The molecule has 0 saturated heterocycles. The van der Waals surface area contributed by atoms with Crippen LogP contribution in [0.25, 0.3) is 0 Å². The summed E-state index contributed by atoms with van der Waals surface area (Å²) in [6.07, 6.45) is 7.67. The second kappa shape index (κ2) is 12.9. The molecule has 0 aromatic carbocycles.